The summed E-state index contributed by atoms with van der Waals surface area (Å²) in [5.74, 6) is 0.479. The first-order valence-corrected chi connectivity index (χ1v) is 8.19. The van der Waals surface area contributed by atoms with Crippen LogP contribution in [0.4, 0.5) is 5.69 Å². The molecule has 0 saturated heterocycles. The molecule has 0 fully saturated rings. The minimum absolute atomic E-state index is 0. The summed E-state index contributed by atoms with van der Waals surface area (Å²) in [6.07, 6.45) is 2.48. The summed E-state index contributed by atoms with van der Waals surface area (Å²) < 4.78 is 1.77. The summed E-state index contributed by atoms with van der Waals surface area (Å²) in [6.45, 7) is 5.47. The summed E-state index contributed by atoms with van der Waals surface area (Å²) in [6, 6.07) is 5.64. The minimum Gasteiger partial charge on any atom is -0.319 e. The molecule has 8 nitrogen and oxygen atoms in total. The van der Waals surface area contributed by atoms with E-state index >= 15 is 0 Å². The molecule has 4 rings (SSSR count). The van der Waals surface area contributed by atoms with Gasteiger partial charge in [-0.15, -0.1) is 12.4 Å². The molecule has 9 heteroatoms. The van der Waals surface area contributed by atoms with Gasteiger partial charge in [-0.2, -0.15) is 10.2 Å². The molecule has 3 aromatic rings. The number of rotatable bonds is 3. The largest absolute Gasteiger partial charge is 0.319 e. The van der Waals surface area contributed by atoms with Crippen LogP contribution in [0.15, 0.2) is 24.4 Å². The number of aromatic nitrogens is 5. The van der Waals surface area contributed by atoms with Gasteiger partial charge in [0, 0.05) is 36.5 Å². The highest BCUT2D eigenvalue weighted by Crippen LogP contribution is 2.18. The standard InChI is InChI=1S/C17H19N7O.ClH/c1-10-7-11(2)24(23-10)15-4-3-12(8-19-15)20-17(25)16-13-9-18-6-5-14(13)21-22-16;/h3-4,7-8,18H,5-6,9H2,1-2H3,(H,20,25)(H,21,22);1H. The number of hydrogen-bond donors (Lipinski definition) is 3. The summed E-state index contributed by atoms with van der Waals surface area (Å²) in [4.78, 5) is 16.9. The highest BCUT2D eigenvalue weighted by molar-refractivity contribution is 6.04. The average Bonchev–Trinajstić information content (AvgIpc) is 3.18. The molecular weight excluding hydrogens is 354 g/mol. The van der Waals surface area contributed by atoms with E-state index < -0.39 is 0 Å². The maximum atomic E-state index is 12.5. The molecule has 0 radical (unpaired) electrons. The SMILES string of the molecule is Cc1cc(C)n(-c2ccc(NC(=O)c3n[nH]c4c3CNCC4)cn2)n1.Cl. The lowest BCUT2D eigenvalue weighted by Crippen LogP contribution is -2.25. The molecule has 0 bridgehead atoms. The molecule has 3 N–H and O–H groups in total. The second-order valence-electron chi connectivity index (χ2n) is 6.15. The molecular formula is C17H20ClN7O. The quantitative estimate of drug-likeness (QED) is 0.651. The van der Waals surface area contributed by atoms with Gasteiger partial charge in [-0.1, -0.05) is 0 Å². The Hall–Kier alpha value is -2.71. The number of carbonyl (C=O) groups is 1. The fourth-order valence-corrected chi connectivity index (χ4v) is 3.05. The Morgan fingerprint density at radius 3 is 2.85 bits per heavy atom. The fourth-order valence-electron chi connectivity index (χ4n) is 3.05. The van der Waals surface area contributed by atoms with Crippen LogP contribution in [0.5, 0.6) is 0 Å². The molecule has 0 saturated carbocycles. The van der Waals surface area contributed by atoms with Gasteiger partial charge in [0.25, 0.3) is 5.91 Å². The van der Waals surface area contributed by atoms with Crippen LogP contribution in [-0.4, -0.2) is 37.4 Å². The number of halogens is 1. The smallest absolute Gasteiger partial charge is 0.276 e. The molecule has 1 amide bonds. The summed E-state index contributed by atoms with van der Waals surface area (Å²) in [5.41, 5.74) is 4.98. The number of anilines is 1. The third kappa shape index (κ3) is 3.33. The van der Waals surface area contributed by atoms with Gasteiger partial charge in [0.05, 0.1) is 17.6 Å². The lowest BCUT2D eigenvalue weighted by Gasteiger charge is -2.12. The van der Waals surface area contributed by atoms with Gasteiger partial charge in [0.2, 0.25) is 0 Å². The number of H-pyrrole nitrogens is 1. The maximum Gasteiger partial charge on any atom is 0.276 e. The Labute approximate surface area is 156 Å². The molecule has 0 aliphatic carbocycles. The van der Waals surface area contributed by atoms with Gasteiger partial charge in [-0.3, -0.25) is 9.89 Å². The van der Waals surface area contributed by atoms with Crippen molar-refractivity contribution in [2.75, 3.05) is 11.9 Å². The van der Waals surface area contributed by atoms with E-state index in [-0.39, 0.29) is 18.3 Å². The average molecular weight is 374 g/mol. The molecule has 1 aliphatic heterocycles. The Balaban J connectivity index is 0.00000196. The van der Waals surface area contributed by atoms with Gasteiger partial charge >= 0.3 is 0 Å². The van der Waals surface area contributed by atoms with Gasteiger partial charge in [0.1, 0.15) is 0 Å². The topological polar surface area (TPSA) is 101 Å². The first-order chi connectivity index (χ1) is 12.1. The summed E-state index contributed by atoms with van der Waals surface area (Å²) >= 11 is 0. The van der Waals surface area contributed by atoms with Gasteiger partial charge < -0.3 is 10.6 Å². The van der Waals surface area contributed by atoms with Crippen LogP contribution >= 0.6 is 12.4 Å². The van der Waals surface area contributed by atoms with E-state index in [1.54, 1.807) is 10.9 Å². The normalized spacial score (nSPS) is 13.0. The summed E-state index contributed by atoms with van der Waals surface area (Å²) in [5, 5.41) is 17.6. The van der Waals surface area contributed by atoms with Gasteiger partial charge in [-0.25, -0.2) is 9.67 Å². The van der Waals surface area contributed by atoms with E-state index in [4.69, 9.17) is 0 Å². The predicted molar refractivity (Wildman–Crippen MR) is 100 cm³/mol. The van der Waals surface area contributed by atoms with Crippen molar-refractivity contribution in [2.45, 2.75) is 26.8 Å². The van der Waals surface area contributed by atoms with Gasteiger partial charge in [0.15, 0.2) is 11.5 Å². The van der Waals surface area contributed by atoms with Crippen molar-refractivity contribution in [3.05, 3.63) is 52.7 Å². The number of carbonyl (C=O) groups excluding carboxylic acids is 1. The lowest BCUT2D eigenvalue weighted by molar-refractivity contribution is 0.102. The number of amides is 1. The van der Waals surface area contributed by atoms with E-state index in [1.165, 1.54) is 0 Å². The summed E-state index contributed by atoms with van der Waals surface area (Å²) in [7, 11) is 0. The zero-order valence-electron chi connectivity index (χ0n) is 14.5. The zero-order valence-corrected chi connectivity index (χ0v) is 15.4. The van der Waals surface area contributed by atoms with Crippen molar-refractivity contribution in [3.8, 4) is 5.82 Å². The third-order valence-electron chi connectivity index (χ3n) is 4.25. The Morgan fingerprint density at radius 1 is 1.31 bits per heavy atom. The number of nitrogens with one attached hydrogen (secondary N) is 3. The van der Waals surface area contributed by atoms with Crippen LogP contribution in [0.3, 0.4) is 0 Å². The van der Waals surface area contributed by atoms with Crippen molar-refractivity contribution >= 4 is 24.0 Å². The molecule has 0 aromatic carbocycles. The van der Waals surface area contributed by atoms with Crippen LogP contribution in [0.2, 0.25) is 0 Å². The number of aromatic amines is 1. The van der Waals surface area contributed by atoms with Crippen LogP contribution in [0.25, 0.3) is 5.82 Å². The molecule has 26 heavy (non-hydrogen) atoms. The van der Waals surface area contributed by atoms with E-state index in [2.05, 4.69) is 30.9 Å². The third-order valence-corrected chi connectivity index (χ3v) is 4.25. The minimum atomic E-state index is -0.234. The first-order valence-electron chi connectivity index (χ1n) is 8.19. The number of fused-ring (bicyclic) bond motifs is 1. The Morgan fingerprint density at radius 2 is 2.15 bits per heavy atom. The monoisotopic (exact) mass is 373 g/mol. The Bertz CT molecular complexity index is 929. The number of pyridine rings is 1. The molecule has 4 heterocycles. The predicted octanol–water partition coefficient (Wildman–Crippen LogP) is 1.93. The van der Waals surface area contributed by atoms with Crippen molar-refractivity contribution in [1.29, 1.82) is 0 Å². The number of nitrogens with zero attached hydrogens (tertiary/aromatic N) is 4. The fraction of sp³-hybridized carbons (Fsp3) is 0.294. The van der Waals surface area contributed by atoms with Crippen LogP contribution in [0, 0.1) is 13.8 Å². The number of hydrogen-bond acceptors (Lipinski definition) is 5. The van der Waals surface area contributed by atoms with E-state index in [1.807, 2.05) is 32.0 Å². The molecule has 0 spiro atoms. The highest BCUT2D eigenvalue weighted by Gasteiger charge is 2.21. The first kappa shape index (κ1) is 18.1. The van der Waals surface area contributed by atoms with Crippen molar-refractivity contribution in [2.24, 2.45) is 0 Å². The maximum absolute atomic E-state index is 12.5. The molecule has 3 aromatic heterocycles. The van der Waals surface area contributed by atoms with Crippen molar-refractivity contribution < 1.29 is 4.79 Å². The number of aryl methyl sites for hydroxylation is 2. The molecule has 136 valence electrons. The van der Waals surface area contributed by atoms with Crippen LogP contribution in [0.1, 0.15) is 33.1 Å². The second kappa shape index (κ2) is 7.27. The molecule has 1 aliphatic rings. The molecule has 0 unspecified atom stereocenters. The lowest BCUT2D eigenvalue weighted by atomic mass is 10.1. The van der Waals surface area contributed by atoms with Crippen LogP contribution in [-0.2, 0) is 13.0 Å². The zero-order chi connectivity index (χ0) is 17.4. The van der Waals surface area contributed by atoms with Gasteiger partial charge in [-0.05, 0) is 32.0 Å². The Kier molecular flexibility index (Phi) is 5.06. The van der Waals surface area contributed by atoms with Crippen LogP contribution < -0.4 is 10.6 Å². The molecule has 0 atom stereocenters. The van der Waals surface area contributed by atoms with E-state index in [0.717, 1.165) is 35.6 Å². The van der Waals surface area contributed by atoms with E-state index in [0.29, 0.717) is 23.7 Å². The van der Waals surface area contributed by atoms with Crippen molar-refractivity contribution in [3.63, 3.8) is 0 Å². The highest BCUT2D eigenvalue weighted by atomic mass is 35.5. The van der Waals surface area contributed by atoms with E-state index in [9.17, 15) is 4.79 Å². The van der Waals surface area contributed by atoms with Crippen molar-refractivity contribution in [1.82, 2.24) is 30.3 Å². The second-order valence-corrected chi connectivity index (χ2v) is 6.15.